The molecule has 0 saturated heterocycles. The van der Waals surface area contributed by atoms with Gasteiger partial charge in [-0.25, -0.2) is 0 Å². The van der Waals surface area contributed by atoms with Gasteiger partial charge in [0.25, 0.3) is 0 Å². The predicted octanol–water partition coefficient (Wildman–Crippen LogP) is 4.57. The number of benzene rings is 2. The van der Waals surface area contributed by atoms with E-state index in [2.05, 4.69) is 46.1 Å². The molecule has 3 heteroatoms. The number of nitrogens with zero attached hydrogens (tertiary/aromatic N) is 2. The lowest BCUT2D eigenvalue weighted by Gasteiger charge is -2.10. The summed E-state index contributed by atoms with van der Waals surface area (Å²) in [5, 5.41) is 11.9. The van der Waals surface area contributed by atoms with Gasteiger partial charge < -0.3 is 9.77 Å². The molecular weight excluding hydrogens is 272 g/mol. The fourth-order valence-corrected chi connectivity index (χ4v) is 2.81. The fourth-order valence-electron chi connectivity index (χ4n) is 2.81. The third-order valence-electron chi connectivity index (χ3n) is 3.90. The molecule has 22 heavy (non-hydrogen) atoms. The monoisotopic (exact) mass is 290 g/mol. The normalized spacial score (nSPS) is 11.2. The maximum absolute atomic E-state index is 8.74. The molecule has 0 radical (unpaired) electrons. The van der Waals surface area contributed by atoms with E-state index in [1.54, 1.807) is 0 Å². The van der Waals surface area contributed by atoms with Gasteiger partial charge in [-0.1, -0.05) is 47.6 Å². The lowest BCUT2D eigenvalue weighted by atomic mass is 10.1. The van der Waals surface area contributed by atoms with E-state index >= 15 is 0 Å². The summed E-state index contributed by atoms with van der Waals surface area (Å²) < 4.78 is 2.16. The molecule has 0 aliphatic rings. The Balaban J connectivity index is 2.00. The van der Waals surface area contributed by atoms with Crippen molar-refractivity contribution in [2.75, 3.05) is 0 Å². The zero-order valence-corrected chi connectivity index (χ0v) is 12.7. The molecule has 3 aromatic rings. The van der Waals surface area contributed by atoms with Crippen molar-refractivity contribution < 1.29 is 5.21 Å². The Hall–Kier alpha value is -2.81. The van der Waals surface area contributed by atoms with Crippen LogP contribution in [0.2, 0.25) is 0 Å². The Kier molecular flexibility index (Phi) is 3.79. The number of aromatic nitrogens is 1. The number of hydrogen-bond acceptors (Lipinski definition) is 2. The van der Waals surface area contributed by atoms with Crippen molar-refractivity contribution in [2.24, 2.45) is 5.16 Å². The van der Waals surface area contributed by atoms with E-state index in [9.17, 15) is 0 Å². The summed E-state index contributed by atoms with van der Waals surface area (Å²) in [7, 11) is 0. The topological polar surface area (TPSA) is 37.5 Å². The van der Waals surface area contributed by atoms with Crippen LogP contribution in [0.1, 0.15) is 17.0 Å². The van der Waals surface area contributed by atoms with Crippen molar-refractivity contribution in [3.8, 4) is 16.8 Å². The van der Waals surface area contributed by atoms with E-state index in [1.807, 2.05) is 38.1 Å². The molecule has 0 fully saturated rings. The second kappa shape index (κ2) is 5.90. The van der Waals surface area contributed by atoms with Gasteiger partial charge in [-0.05, 0) is 43.2 Å². The van der Waals surface area contributed by atoms with Crippen molar-refractivity contribution >= 4 is 6.21 Å². The Morgan fingerprint density at radius 1 is 0.909 bits per heavy atom. The lowest BCUT2D eigenvalue weighted by molar-refractivity contribution is 0.322. The Bertz CT molecular complexity index is 799. The van der Waals surface area contributed by atoms with E-state index < -0.39 is 0 Å². The summed E-state index contributed by atoms with van der Waals surface area (Å²) in [4.78, 5) is 0. The number of hydrogen-bond donors (Lipinski definition) is 1. The largest absolute Gasteiger partial charge is 0.411 e. The minimum atomic E-state index is 0.923. The van der Waals surface area contributed by atoms with Crippen LogP contribution in [0.3, 0.4) is 0 Å². The minimum absolute atomic E-state index is 0.923. The molecule has 0 aliphatic heterocycles. The SMILES string of the molecule is Cc1cc(/C=N/O)c(C)n1-c1ccc(-c2ccccc2)cc1. The number of rotatable bonds is 3. The highest BCUT2D eigenvalue weighted by molar-refractivity contribution is 5.81. The van der Waals surface area contributed by atoms with Crippen molar-refractivity contribution in [3.63, 3.8) is 0 Å². The first kappa shape index (κ1) is 14.1. The first-order valence-electron chi connectivity index (χ1n) is 7.23. The Morgan fingerprint density at radius 2 is 1.55 bits per heavy atom. The molecule has 3 nitrogen and oxygen atoms in total. The summed E-state index contributed by atoms with van der Waals surface area (Å²) in [6.45, 7) is 4.07. The van der Waals surface area contributed by atoms with E-state index in [1.165, 1.54) is 17.3 Å². The minimum Gasteiger partial charge on any atom is -0.411 e. The van der Waals surface area contributed by atoms with Gasteiger partial charge in [0.05, 0.1) is 6.21 Å². The molecule has 0 amide bonds. The zero-order valence-electron chi connectivity index (χ0n) is 12.7. The van der Waals surface area contributed by atoms with E-state index in [0.717, 1.165) is 22.6 Å². The van der Waals surface area contributed by atoms with Gasteiger partial charge >= 0.3 is 0 Å². The summed E-state index contributed by atoms with van der Waals surface area (Å²) in [5.41, 5.74) is 6.61. The third-order valence-corrected chi connectivity index (χ3v) is 3.90. The molecule has 0 unspecified atom stereocenters. The molecule has 0 atom stereocenters. The van der Waals surface area contributed by atoms with Crippen LogP contribution in [0.15, 0.2) is 65.8 Å². The fraction of sp³-hybridized carbons (Fsp3) is 0.105. The molecule has 3 rings (SSSR count). The highest BCUT2D eigenvalue weighted by atomic mass is 16.4. The molecule has 0 bridgehead atoms. The molecule has 0 spiro atoms. The summed E-state index contributed by atoms with van der Waals surface area (Å²) in [5.74, 6) is 0. The molecule has 0 aliphatic carbocycles. The molecule has 0 saturated carbocycles. The molecule has 1 N–H and O–H groups in total. The summed E-state index contributed by atoms with van der Waals surface area (Å²) >= 11 is 0. The van der Waals surface area contributed by atoms with Crippen molar-refractivity contribution in [1.82, 2.24) is 4.57 Å². The average molecular weight is 290 g/mol. The van der Waals surface area contributed by atoms with Gasteiger partial charge in [0.2, 0.25) is 0 Å². The quantitative estimate of drug-likeness (QED) is 0.428. The van der Waals surface area contributed by atoms with Gasteiger partial charge in [0.15, 0.2) is 0 Å². The Labute approximate surface area is 130 Å². The second-order valence-corrected chi connectivity index (χ2v) is 5.32. The van der Waals surface area contributed by atoms with Crippen LogP contribution < -0.4 is 0 Å². The van der Waals surface area contributed by atoms with Crippen LogP contribution in [0, 0.1) is 13.8 Å². The van der Waals surface area contributed by atoms with Crippen molar-refractivity contribution in [2.45, 2.75) is 13.8 Å². The molecular formula is C19H18N2O. The van der Waals surface area contributed by atoms with Gasteiger partial charge in [-0.15, -0.1) is 0 Å². The first-order valence-corrected chi connectivity index (χ1v) is 7.23. The van der Waals surface area contributed by atoms with E-state index in [4.69, 9.17) is 5.21 Å². The van der Waals surface area contributed by atoms with Crippen molar-refractivity contribution in [1.29, 1.82) is 0 Å². The molecule has 1 aromatic heterocycles. The highest BCUT2D eigenvalue weighted by Gasteiger charge is 2.09. The van der Waals surface area contributed by atoms with Gasteiger partial charge in [0.1, 0.15) is 0 Å². The van der Waals surface area contributed by atoms with E-state index in [-0.39, 0.29) is 0 Å². The summed E-state index contributed by atoms with van der Waals surface area (Å²) in [6, 6.07) is 20.8. The standard InChI is InChI=1S/C19H18N2O/c1-14-12-18(13-20-22)15(2)21(14)19-10-8-17(9-11-19)16-6-4-3-5-7-16/h3-13,22H,1-2H3/b20-13+. The number of aryl methyl sites for hydroxylation is 1. The third kappa shape index (κ3) is 2.53. The van der Waals surface area contributed by atoms with Gasteiger partial charge in [0, 0.05) is 22.6 Å². The van der Waals surface area contributed by atoms with Gasteiger partial charge in [-0.3, -0.25) is 0 Å². The van der Waals surface area contributed by atoms with Crippen LogP contribution in [0.25, 0.3) is 16.8 Å². The van der Waals surface area contributed by atoms with Gasteiger partial charge in [-0.2, -0.15) is 0 Å². The second-order valence-electron chi connectivity index (χ2n) is 5.32. The zero-order chi connectivity index (χ0) is 15.5. The average Bonchev–Trinajstić information content (AvgIpc) is 2.83. The van der Waals surface area contributed by atoms with E-state index in [0.29, 0.717) is 0 Å². The summed E-state index contributed by atoms with van der Waals surface area (Å²) in [6.07, 6.45) is 1.47. The Morgan fingerprint density at radius 3 is 2.18 bits per heavy atom. The first-order chi connectivity index (χ1) is 10.7. The van der Waals surface area contributed by atoms with Crippen LogP contribution in [0.5, 0.6) is 0 Å². The maximum Gasteiger partial charge on any atom is 0.0752 e. The lowest BCUT2D eigenvalue weighted by Crippen LogP contribution is -1.99. The highest BCUT2D eigenvalue weighted by Crippen LogP contribution is 2.24. The smallest absolute Gasteiger partial charge is 0.0752 e. The molecule has 110 valence electrons. The molecule has 1 heterocycles. The van der Waals surface area contributed by atoms with Crippen LogP contribution in [0.4, 0.5) is 0 Å². The number of oxime groups is 1. The van der Waals surface area contributed by atoms with Crippen LogP contribution in [-0.4, -0.2) is 16.0 Å². The van der Waals surface area contributed by atoms with Crippen LogP contribution >= 0.6 is 0 Å². The maximum atomic E-state index is 8.74. The molecule has 2 aromatic carbocycles. The van der Waals surface area contributed by atoms with Crippen LogP contribution in [-0.2, 0) is 0 Å². The van der Waals surface area contributed by atoms with Crippen molar-refractivity contribution in [3.05, 3.63) is 77.6 Å². The predicted molar refractivity (Wildman–Crippen MR) is 90.1 cm³/mol.